The van der Waals surface area contributed by atoms with Crippen molar-refractivity contribution >= 4 is 5.91 Å². The highest BCUT2D eigenvalue weighted by molar-refractivity contribution is 5.98. The molecule has 2 saturated heterocycles. The first-order valence-corrected chi connectivity index (χ1v) is 9.03. The van der Waals surface area contributed by atoms with Crippen LogP contribution in [0.2, 0.25) is 0 Å². The summed E-state index contributed by atoms with van der Waals surface area (Å²) in [5.74, 6) is 0.955. The molecule has 6 heteroatoms. The maximum Gasteiger partial charge on any atom is 0.276 e. The van der Waals surface area contributed by atoms with Crippen LogP contribution in [-0.2, 0) is 9.47 Å². The van der Waals surface area contributed by atoms with Gasteiger partial charge >= 0.3 is 0 Å². The molecule has 1 aromatic heterocycles. The first-order valence-electron chi connectivity index (χ1n) is 9.03. The number of carbonyl (C=O) groups excluding carboxylic acids is 1. The van der Waals surface area contributed by atoms with E-state index in [2.05, 4.69) is 4.98 Å². The zero-order valence-corrected chi connectivity index (χ0v) is 15.2. The van der Waals surface area contributed by atoms with Gasteiger partial charge in [0.1, 0.15) is 5.60 Å². The second kappa shape index (κ2) is 6.85. The van der Waals surface area contributed by atoms with Gasteiger partial charge in [-0.1, -0.05) is 23.8 Å². The minimum Gasteiger partial charge on any atom is -0.443 e. The van der Waals surface area contributed by atoms with E-state index in [1.807, 2.05) is 31.2 Å². The second-order valence-corrected chi connectivity index (χ2v) is 7.41. The molecule has 1 aromatic carbocycles. The van der Waals surface area contributed by atoms with Crippen molar-refractivity contribution in [1.82, 2.24) is 9.88 Å². The van der Waals surface area contributed by atoms with Gasteiger partial charge in [-0.3, -0.25) is 4.79 Å². The monoisotopic (exact) mass is 356 g/mol. The molecule has 1 unspecified atom stereocenters. The smallest absolute Gasteiger partial charge is 0.276 e. The van der Waals surface area contributed by atoms with Gasteiger partial charge in [0, 0.05) is 19.3 Å². The predicted octanol–water partition coefficient (Wildman–Crippen LogP) is 2.92. The van der Waals surface area contributed by atoms with Crippen LogP contribution in [-0.4, -0.2) is 54.8 Å². The summed E-state index contributed by atoms with van der Waals surface area (Å²) in [5.41, 5.74) is 2.18. The molecule has 0 aliphatic carbocycles. The van der Waals surface area contributed by atoms with Crippen molar-refractivity contribution in [2.75, 3.05) is 33.4 Å². The number of aryl methyl sites for hydroxylation is 1. The molecule has 1 spiro atoms. The highest BCUT2D eigenvalue weighted by Gasteiger charge is 2.51. The van der Waals surface area contributed by atoms with Crippen LogP contribution in [0.4, 0.5) is 0 Å². The minimum atomic E-state index is -0.179. The van der Waals surface area contributed by atoms with Crippen molar-refractivity contribution in [3.8, 4) is 11.3 Å². The third-order valence-electron chi connectivity index (χ3n) is 5.31. The number of benzene rings is 1. The largest absolute Gasteiger partial charge is 0.443 e. The van der Waals surface area contributed by atoms with Gasteiger partial charge in [-0.25, -0.2) is 4.98 Å². The number of carbonyl (C=O) groups is 1. The van der Waals surface area contributed by atoms with Crippen LogP contribution in [0.3, 0.4) is 0 Å². The van der Waals surface area contributed by atoms with Crippen molar-refractivity contribution in [1.29, 1.82) is 0 Å². The van der Waals surface area contributed by atoms with Gasteiger partial charge in [0.05, 0.1) is 19.7 Å². The van der Waals surface area contributed by atoms with Crippen molar-refractivity contribution in [3.05, 3.63) is 41.9 Å². The Hall–Kier alpha value is -2.18. The van der Waals surface area contributed by atoms with Crippen LogP contribution in [0.25, 0.3) is 11.3 Å². The number of likely N-dealkylation sites (tertiary alicyclic amines) is 1. The molecule has 2 fully saturated rings. The Balaban J connectivity index is 1.43. The zero-order valence-electron chi connectivity index (χ0n) is 15.2. The van der Waals surface area contributed by atoms with E-state index in [4.69, 9.17) is 13.9 Å². The van der Waals surface area contributed by atoms with Crippen LogP contribution < -0.4 is 0 Å². The first-order chi connectivity index (χ1) is 12.6. The molecule has 0 radical (unpaired) electrons. The lowest BCUT2D eigenvalue weighted by Gasteiger charge is -2.46. The van der Waals surface area contributed by atoms with Crippen LogP contribution in [0, 0.1) is 12.8 Å². The summed E-state index contributed by atoms with van der Waals surface area (Å²) >= 11 is 0. The van der Waals surface area contributed by atoms with Crippen molar-refractivity contribution < 1.29 is 18.7 Å². The van der Waals surface area contributed by atoms with Crippen molar-refractivity contribution in [3.63, 3.8) is 0 Å². The summed E-state index contributed by atoms with van der Waals surface area (Å²) in [4.78, 5) is 18.9. The quantitative estimate of drug-likeness (QED) is 0.824. The Morgan fingerprint density at radius 1 is 1.42 bits per heavy atom. The van der Waals surface area contributed by atoms with Crippen LogP contribution in [0.5, 0.6) is 0 Å². The summed E-state index contributed by atoms with van der Waals surface area (Å²) in [6.07, 6.45) is 3.34. The average Bonchev–Trinajstić information content (AvgIpc) is 3.25. The lowest BCUT2D eigenvalue weighted by molar-refractivity contribution is -0.0951. The third kappa shape index (κ3) is 3.15. The first kappa shape index (κ1) is 17.2. The standard InChI is InChI=1S/C20H24N2O4/c1-14-4-3-5-16(8-14)18-17(21-13-25-18)19(23)22-11-20(12-22)9-15(10-26-20)6-7-24-2/h3-5,8,13,15H,6-7,9-12H2,1-2H3. The summed E-state index contributed by atoms with van der Waals surface area (Å²) in [7, 11) is 1.72. The minimum absolute atomic E-state index is 0.0928. The molecule has 4 rings (SSSR count). The Morgan fingerprint density at radius 3 is 3.04 bits per heavy atom. The number of nitrogens with zero attached hydrogens (tertiary/aromatic N) is 2. The normalized spacial score (nSPS) is 21.2. The number of methoxy groups -OCH3 is 1. The number of oxazole rings is 1. The van der Waals surface area contributed by atoms with E-state index in [1.54, 1.807) is 12.0 Å². The van der Waals surface area contributed by atoms with E-state index < -0.39 is 0 Å². The van der Waals surface area contributed by atoms with Gasteiger partial charge in [0.2, 0.25) is 0 Å². The Labute approximate surface area is 153 Å². The lowest BCUT2D eigenvalue weighted by Crippen LogP contribution is -2.63. The van der Waals surface area contributed by atoms with E-state index in [0.29, 0.717) is 30.5 Å². The third-order valence-corrected chi connectivity index (χ3v) is 5.31. The number of hydrogen-bond acceptors (Lipinski definition) is 5. The van der Waals surface area contributed by atoms with Crippen LogP contribution >= 0.6 is 0 Å². The van der Waals surface area contributed by atoms with E-state index in [0.717, 1.165) is 37.2 Å². The topological polar surface area (TPSA) is 64.8 Å². The molecule has 6 nitrogen and oxygen atoms in total. The van der Waals surface area contributed by atoms with E-state index in [1.165, 1.54) is 6.39 Å². The number of aromatic nitrogens is 1. The van der Waals surface area contributed by atoms with E-state index >= 15 is 0 Å². The Morgan fingerprint density at radius 2 is 2.27 bits per heavy atom. The predicted molar refractivity (Wildman–Crippen MR) is 95.9 cm³/mol. The highest BCUT2D eigenvalue weighted by Crippen LogP contribution is 2.40. The van der Waals surface area contributed by atoms with Crippen LogP contribution in [0.15, 0.2) is 35.1 Å². The van der Waals surface area contributed by atoms with Gasteiger partial charge in [0.25, 0.3) is 5.91 Å². The number of ether oxygens (including phenoxy) is 2. The molecule has 2 aliphatic rings. The zero-order chi connectivity index (χ0) is 18.1. The van der Waals surface area contributed by atoms with Gasteiger partial charge in [-0.15, -0.1) is 0 Å². The van der Waals surface area contributed by atoms with E-state index in [-0.39, 0.29) is 11.5 Å². The second-order valence-electron chi connectivity index (χ2n) is 7.41. The number of hydrogen-bond donors (Lipinski definition) is 0. The van der Waals surface area contributed by atoms with Crippen molar-refractivity contribution in [2.45, 2.75) is 25.4 Å². The van der Waals surface area contributed by atoms with Gasteiger partial charge in [0.15, 0.2) is 17.8 Å². The molecular weight excluding hydrogens is 332 g/mol. The van der Waals surface area contributed by atoms with Gasteiger partial charge < -0.3 is 18.8 Å². The molecule has 138 valence electrons. The highest BCUT2D eigenvalue weighted by atomic mass is 16.5. The fraction of sp³-hybridized carbons (Fsp3) is 0.500. The van der Waals surface area contributed by atoms with E-state index in [9.17, 15) is 4.79 Å². The molecule has 1 amide bonds. The molecule has 2 aliphatic heterocycles. The summed E-state index contributed by atoms with van der Waals surface area (Å²) in [5, 5.41) is 0. The molecule has 3 heterocycles. The Kier molecular flexibility index (Phi) is 4.54. The Bertz CT molecular complexity index is 795. The molecule has 2 aromatic rings. The molecule has 0 N–H and O–H groups in total. The van der Waals surface area contributed by atoms with Gasteiger partial charge in [-0.05, 0) is 31.7 Å². The number of amides is 1. The lowest BCUT2D eigenvalue weighted by atomic mass is 9.86. The van der Waals surface area contributed by atoms with Crippen molar-refractivity contribution in [2.24, 2.45) is 5.92 Å². The van der Waals surface area contributed by atoms with Gasteiger partial charge in [-0.2, -0.15) is 0 Å². The average molecular weight is 356 g/mol. The SMILES string of the molecule is COCCC1COC2(C1)CN(C(=O)c1ncoc1-c1cccc(C)c1)C2. The fourth-order valence-electron chi connectivity index (χ4n) is 3.96. The molecule has 0 saturated carbocycles. The summed E-state index contributed by atoms with van der Waals surface area (Å²) in [6.45, 7) is 4.76. The maximum absolute atomic E-state index is 12.9. The van der Waals surface area contributed by atoms with Crippen LogP contribution in [0.1, 0.15) is 28.9 Å². The fourth-order valence-corrected chi connectivity index (χ4v) is 3.96. The summed E-state index contributed by atoms with van der Waals surface area (Å²) < 4.78 is 16.7. The summed E-state index contributed by atoms with van der Waals surface area (Å²) in [6, 6.07) is 7.89. The maximum atomic E-state index is 12.9. The molecule has 26 heavy (non-hydrogen) atoms. The molecule has 1 atom stereocenters. The number of rotatable bonds is 5. The molecule has 0 bridgehead atoms. The molecular formula is C20H24N2O4.